The smallest absolute Gasteiger partial charge is 0.242 e. The van der Waals surface area contributed by atoms with Crippen LogP contribution in [0.2, 0.25) is 0 Å². The summed E-state index contributed by atoms with van der Waals surface area (Å²) in [5.74, 6) is -0.179. The second kappa shape index (κ2) is 6.18. The number of hydrogen-bond acceptors (Lipinski definition) is 3. The number of nitrogens with one attached hydrogen (secondary N) is 3. The van der Waals surface area contributed by atoms with E-state index in [-0.39, 0.29) is 23.3 Å². The number of carbonyl (C=O) groups excluding carboxylic acids is 2. The molecule has 1 aliphatic heterocycles. The van der Waals surface area contributed by atoms with E-state index in [2.05, 4.69) is 16.0 Å². The highest BCUT2D eigenvalue weighted by Crippen LogP contribution is 2.10. The Morgan fingerprint density at radius 2 is 2.00 bits per heavy atom. The first kappa shape index (κ1) is 15.0. The van der Waals surface area contributed by atoms with Crippen LogP contribution in [0.25, 0.3) is 0 Å². The molecular formula is C13H25N3O2. The van der Waals surface area contributed by atoms with Gasteiger partial charge in [-0.25, -0.2) is 0 Å². The Hall–Kier alpha value is -1.10. The van der Waals surface area contributed by atoms with Crippen LogP contribution in [0.15, 0.2) is 0 Å². The van der Waals surface area contributed by atoms with Crippen LogP contribution >= 0.6 is 0 Å². The average Bonchev–Trinajstić information content (AvgIpc) is 2.27. The molecule has 1 heterocycles. The van der Waals surface area contributed by atoms with Gasteiger partial charge in [-0.2, -0.15) is 0 Å². The minimum absolute atomic E-state index is 0.0105. The molecule has 0 aliphatic carbocycles. The van der Waals surface area contributed by atoms with Crippen molar-refractivity contribution < 1.29 is 9.59 Å². The van der Waals surface area contributed by atoms with E-state index in [9.17, 15) is 9.59 Å². The fourth-order valence-electron chi connectivity index (χ4n) is 1.95. The van der Waals surface area contributed by atoms with Gasteiger partial charge in [-0.15, -0.1) is 0 Å². The summed E-state index contributed by atoms with van der Waals surface area (Å²) in [6, 6.07) is -0.487. The van der Waals surface area contributed by atoms with Crippen LogP contribution in [0, 0.1) is 5.92 Å². The van der Waals surface area contributed by atoms with Crippen molar-refractivity contribution in [2.75, 3.05) is 13.1 Å². The molecule has 0 radical (unpaired) electrons. The number of carbonyl (C=O) groups is 2. The Bertz CT molecular complexity index is 304. The summed E-state index contributed by atoms with van der Waals surface area (Å²) in [6.07, 6.45) is 1.91. The Balaban J connectivity index is 2.41. The third-order valence-corrected chi connectivity index (χ3v) is 2.92. The summed E-state index contributed by atoms with van der Waals surface area (Å²) in [7, 11) is 0. The maximum absolute atomic E-state index is 11.9. The van der Waals surface area contributed by atoms with Crippen molar-refractivity contribution >= 4 is 11.8 Å². The zero-order chi connectivity index (χ0) is 13.8. The highest BCUT2D eigenvalue weighted by atomic mass is 16.2. The number of hydrogen-bond donors (Lipinski definition) is 3. The third-order valence-electron chi connectivity index (χ3n) is 2.92. The fourth-order valence-corrected chi connectivity index (χ4v) is 1.95. The van der Waals surface area contributed by atoms with Crippen molar-refractivity contribution in [1.29, 1.82) is 0 Å². The zero-order valence-corrected chi connectivity index (χ0v) is 11.8. The van der Waals surface area contributed by atoms with Gasteiger partial charge in [-0.3, -0.25) is 9.59 Å². The van der Waals surface area contributed by atoms with Gasteiger partial charge in [-0.1, -0.05) is 0 Å². The second-order valence-electron chi connectivity index (χ2n) is 6.01. The van der Waals surface area contributed by atoms with E-state index >= 15 is 0 Å². The van der Waals surface area contributed by atoms with E-state index in [4.69, 9.17) is 0 Å². The maximum Gasteiger partial charge on any atom is 0.242 e. The number of piperidine rings is 1. The summed E-state index contributed by atoms with van der Waals surface area (Å²) in [5.41, 5.74) is -0.275. The third kappa shape index (κ3) is 5.04. The molecule has 5 nitrogen and oxygen atoms in total. The van der Waals surface area contributed by atoms with Gasteiger partial charge in [0.25, 0.3) is 0 Å². The van der Waals surface area contributed by atoms with Gasteiger partial charge in [-0.05, 0) is 47.1 Å². The second-order valence-corrected chi connectivity index (χ2v) is 6.01. The van der Waals surface area contributed by atoms with Gasteiger partial charge in [0.2, 0.25) is 11.8 Å². The van der Waals surface area contributed by atoms with Crippen LogP contribution in [0.4, 0.5) is 0 Å². The SMILES string of the molecule is CC(NC(=O)[C@@H]1CCCNC1)C(=O)NC(C)(C)C. The van der Waals surface area contributed by atoms with Gasteiger partial charge in [0.05, 0.1) is 5.92 Å². The van der Waals surface area contributed by atoms with E-state index in [1.807, 2.05) is 20.8 Å². The van der Waals surface area contributed by atoms with E-state index < -0.39 is 6.04 Å². The number of amides is 2. The van der Waals surface area contributed by atoms with Gasteiger partial charge in [0.15, 0.2) is 0 Å². The molecule has 0 aromatic rings. The lowest BCUT2D eigenvalue weighted by Gasteiger charge is -2.26. The summed E-state index contributed by atoms with van der Waals surface area (Å²) >= 11 is 0. The summed E-state index contributed by atoms with van der Waals surface area (Å²) in [4.78, 5) is 23.8. The molecule has 1 rings (SSSR count). The minimum Gasteiger partial charge on any atom is -0.350 e. The van der Waals surface area contributed by atoms with Gasteiger partial charge < -0.3 is 16.0 Å². The summed E-state index contributed by atoms with van der Waals surface area (Å²) in [6.45, 7) is 9.16. The monoisotopic (exact) mass is 255 g/mol. The molecule has 3 N–H and O–H groups in total. The predicted molar refractivity (Wildman–Crippen MR) is 71.1 cm³/mol. The molecule has 2 amide bonds. The molecule has 1 aliphatic rings. The summed E-state index contributed by atoms with van der Waals surface area (Å²) < 4.78 is 0. The fraction of sp³-hybridized carbons (Fsp3) is 0.846. The van der Waals surface area contributed by atoms with Crippen molar-refractivity contribution in [3.63, 3.8) is 0 Å². The molecule has 0 saturated carbocycles. The van der Waals surface area contributed by atoms with E-state index in [0.29, 0.717) is 6.54 Å². The van der Waals surface area contributed by atoms with Crippen LogP contribution in [0.3, 0.4) is 0 Å². The first-order valence-electron chi connectivity index (χ1n) is 6.63. The maximum atomic E-state index is 11.9. The highest BCUT2D eigenvalue weighted by molar-refractivity contribution is 5.88. The lowest BCUT2D eigenvalue weighted by atomic mass is 9.98. The van der Waals surface area contributed by atoms with Crippen molar-refractivity contribution in [2.24, 2.45) is 5.92 Å². The zero-order valence-electron chi connectivity index (χ0n) is 11.8. The molecule has 2 atom stereocenters. The average molecular weight is 255 g/mol. The van der Waals surface area contributed by atoms with Gasteiger partial charge in [0, 0.05) is 12.1 Å². The first-order chi connectivity index (χ1) is 8.29. The van der Waals surface area contributed by atoms with Crippen molar-refractivity contribution in [3.05, 3.63) is 0 Å². The van der Waals surface area contributed by atoms with Crippen molar-refractivity contribution in [1.82, 2.24) is 16.0 Å². The standard InChI is InChI=1S/C13H25N3O2/c1-9(11(17)16-13(2,3)4)15-12(18)10-6-5-7-14-8-10/h9-10,14H,5-8H2,1-4H3,(H,15,18)(H,16,17)/t9?,10-/m1/s1. The van der Waals surface area contributed by atoms with Gasteiger partial charge in [0.1, 0.15) is 6.04 Å². The lowest BCUT2D eigenvalue weighted by Crippen LogP contribution is -2.52. The van der Waals surface area contributed by atoms with Crippen LogP contribution < -0.4 is 16.0 Å². The van der Waals surface area contributed by atoms with Crippen LogP contribution in [0.5, 0.6) is 0 Å². The Labute approximate surface area is 109 Å². The lowest BCUT2D eigenvalue weighted by molar-refractivity contribution is -0.131. The molecule has 1 fully saturated rings. The van der Waals surface area contributed by atoms with Crippen LogP contribution in [-0.2, 0) is 9.59 Å². The van der Waals surface area contributed by atoms with Gasteiger partial charge >= 0.3 is 0 Å². The molecule has 0 bridgehead atoms. The van der Waals surface area contributed by atoms with Crippen molar-refractivity contribution in [2.45, 2.75) is 52.1 Å². The molecule has 0 spiro atoms. The Morgan fingerprint density at radius 1 is 1.33 bits per heavy atom. The Morgan fingerprint density at radius 3 is 2.50 bits per heavy atom. The normalized spacial score (nSPS) is 22.1. The van der Waals surface area contributed by atoms with Crippen molar-refractivity contribution in [3.8, 4) is 0 Å². The van der Waals surface area contributed by atoms with E-state index in [1.54, 1.807) is 6.92 Å². The topological polar surface area (TPSA) is 70.2 Å². The quantitative estimate of drug-likeness (QED) is 0.684. The number of rotatable bonds is 3. The molecular weight excluding hydrogens is 230 g/mol. The first-order valence-corrected chi connectivity index (χ1v) is 6.63. The molecule has 0 aromatic heterocycles. The van der Waals surface area contributed by atoms with Crippen LogP contribution in [0.1, 0.15) is 40.5 Å². The molecule has 18 heavy (non-hydrogen) atoms. The minimum atomic E-state index is -0.487. The predicted octanol–water partition coefficient (Wildman–Crippen LogP) is 0.405. The Kier molecular flexibility index (Phi) is 5.14. The molecule has 5 heteroatoms. The molecule has 1 unspecified atom stereocenters. The van der Waals surface area contributed by atoms with E-state index in [0.717, 1.165) is 19.4 Å². The largest absolute Gasteiger partial charge is 0.350 e. The molecule has 1 saturated heterocycles. The summed E-state index contributed by atoms with van der Waals surface area (Å²) in [5, 5.41) is 8.83. The van der Waals surface area contributed by atoms with E-state index in [1.165, 1.54) is 0 Å². The highest BCUT2D eigenvalue weighted by Gasteiger charge is 2.25. The molecule has 104 valence electrons. The van der Waals surface area contributed by atoms with Crippen LogP contribution in [-0.4, -0.2) is 36.5 Å². The molecule has 0 aromatic carbocycles.